The molecule has 0 heterocycles. The zero-order valence-corrected chi connectivity index (χ0v) is 17.7. The molecule has 1 aliphatic rings. The third kappa shape index (κ3) is 6.35. The van der Waals surface area contributed by atoms with Crippen molar-refractivity contribution in [2.24, 2.45) is 5.92 Å². The number of hydrogen-bond acceptors (Lipinski definition) is 4. The summed E-state index contributed by atoms with van der Waals surface area (Å²) < 4.78 is 27.5. The highest BCUT2D eigenvalue weighted by molar-refractivity contribution is 7.89. The van der Waals surface area contributed by atoms with Gasteiger partial charge in [0.15, 0.2) is 5.11 Å². The normalized spacial score (nSPS) is 14.5. The summed E-state index contributed by atoms with van der Waals surface area (Å²) >= 11 is 5.18. The van der Waals surface area contributed by atoms with Gasteiger partial charge in [0.05, 0.1) is 4.90 Å². The van der Waals surface area contributed by atoms with Crippen LogP contribution in [0.4, 0.5) is 5.69 Å². The number of carbonyl (C=O) groups excluding carboxylic acids is 1. The average Bonchev–Trinajstić information content (AvgIpc) is 3.24. The molecule has 3 rings (SSSR count). The SMILES string of the molecule is O=C(NC(=S)Nc1ccc(S(=O)(=O)NCCc2ccccc2)cc1)C1CCCC1. The van der Waals surface area contributed by atoms with Gasteiger partial charge < -0.3 is 10.6 Å². The minimum Gasteiger partial charge on any atom is -0.332 e. The number of anilines is 1. The maximum Gasteiger partial charge on any atom is 0.240 e. The summed E-state index contributed by atoms with van der Waals surface area (Å²) in [4.78, 5) is 12.3. The first-order valence-electron chi connectivity index (χ1n) is 9.69. The molecule has 154 valence electrons. The lowest BCUT2D eigenvalue weighted by molar-refractivity contribution is -0.123. The van der Waals surface area contributed by atoms with Crippen molar-refractivity contribution in [1.82, 2.24) is 10.0 Å². The number of rotatable bonds is 7. The van der Waals surface area contributed by atoms with Gasteiger partial charge in [-0.05, 0) is 61.3 Å². The van der Waals surface area contributed by atoms with Gasteiger partial charge in [-0.25, -0.2) is 13.1 Å². The van der Waals surface area contributed by atoms with E-state index in [9.17, 15) is 13.2 Å². The van der Waals surface area contributed by atoms with Crippen LogP contribution in [0.3, 0.4) is 0 Å². The highest BCUT2D eigenvalue weighted by Gasteiger charge is 2.23. The molecule has 1 fully saturated rings. The molecular weight excluding hydrogens is 406 g/mol. The van der Waals surface area contributed by atoms with E-state index in [1.165, 1.54) is 12.1 Å². The molecule has 1 aliphatic carbocycles. The summed E-state index contributed by atoms with van der Waals surface area (Å²) in [5.41, 5.74) is 1.69. The molecule has 0 atom stereocenters. The summed E-state index contributed by atoms with van der Waals surface area (Å²) in [6.07, 6.45) is 4.58. The second-order valence-electron chi connectivity index (χ2n) is 7.08. The fourth-order valence-electron chi connectivity index (χ4n) is 3.34. The number of benzene rings is 2. The van der Waals surface area contributed by atoms with E-state index in [1.807, 2.05) is 30.3 Å². The number of hydrogen-bond donors (Lipinski definition) is 3. The van der Waals surface area contributed by atoms with Crippen LogP contribution in [-0.2, 0) is 21.2 Å². The molecule has 8 heteroatoms. The molecule has 1 amide bonds. The first-order valence-corrected chi connectivity index (χ1v) is 11.6. The van der Waals surface area contributed by atoms with E-state index in [1.54, 1.807) is 12.1 Å². The Bertz CT molecular complexity index is 939. The van der Waals surface area contributed by atoms with Crippen molar-refractivity contribution in [3.63, 3.8) is 0 Å². The van der Waals surface area contributed by atoms with Crippen molar-refractivity contribution in [2.45, 2.75) is 37.0 Å². The molecular formula is C21H25N3O3S2. The summed E-state index contributed by atoms with van der Waals surface area (Å²) in [6, 6.07) is 16.0. The van der Waals surface area contributed by atoms with Crippen LogP contribution in [0.15, 0.2) is 59.5 Å². The fourth-order valence-corrected chi connectivity index (χ4v) is 4.59. The van der Waals surface area contributed by atoms with Crippen molar-refractivity contribution >= 4 is 38.9 Å². The molecule has 3 N–H and O–H groups in total. The van der Waals surface area contributed by atoms with Gasteiger partial charge in [0.1, 0.15) is 0 Å². The Labute approximate surface area is 177 Å². The zero-order valence-electron chi connectivity index (χ0n) is 16.1. The molecule has 2 aromatic rings. The van der Waals surface area contributed by atoms with Gasteiger partial charge in [0.2, 0.25) is 15.9 Å². The van der Waals surface area contributed by atoms with Crippen LogP contribution in [0.2, 0.25) is 0 Å². The second-order valence-corrected chi connectivity index (χ2v) is 9.26. The smallest absolute Gasteiger partial charge is 0.240 e. The third-order valence-corrected chi connectivity index (χ3v) is 6.61. The fraction of sp³-hybridized carbons (Fsp3) is 0.333. The van der Waals surface area contributed by atoms with Gasteiger partial charge in [-0.15, -0.1) is 0 Å². The number of sulfonamides is 1. The Morgan fingerprint density at radius 1 is 1.00 bits per heavy atom. The van der Waals surface area contributed by atoms with Crippen LogP contribution < -0.4 is 15.4 Å². The zero-order chi connectivity index (χ0) is 20.7. The van der Waals surface area contributed by atoms with E-state index in [-0.39, 0.29) is 21.8 Å². The van der Waals surface area contributed by atoms with E-state index in [2.05, 4.69) is 15.4 Å². The van der Waals surface area contributed by atoms with Crippen LogP contribution in [0, 0.1) is 5.92 Å². The van der Waals surface area contributed by atoms with E-state index < -0.39 is 10.0 Å². The highest BCUT2D eigenvalue weighted by Crippen LogP contribution is 2.24. The van der Waals surface area contributed by atoms with E-state index in [0.29, 0.717) is 18.7 Å². The van der Waals surface area contributed by atoms with Gasteiger partial charge in [-0.3, -0.25) is 4.79 Å². The van der Waals surface area contributed by atoms with Gasteiger partial charge in [0, 0.05) is 18.2 Å². The van der Waals surface area contributed by atoms with Crippen molar-refractivity contribution < 1.29 is 13.2 Å². The van der Waals surface area contributed by atoms with E-state index in [4.69, 9.17) is 12.2 Å². The Morgan fingerprint density at radius 2 is 1.66 bits per heavy atom. The van der Waals surface area contributed by atoms with Crippen LogP contribution in [0.25, 0.3) is 0 Å². The monoisotopic (exact) mass is 431 g/mol. The topological polar surface area (TPSA) is 87.3 Å². The number of thiocarbonyl (C=S) groups is 1. The Balaban J connectivity index is 1.50. The van der Waals surface area contributed by atoms with Gasteiger partial charge >= 0.3 is 0 Å². The Morgan fingerprint density at radius 3 is 2.31 bits per heavy atom. The van der Waals surface area contributed by atoms with Crippen molar-refractivity contribution in [3.05, 3.63) is 60.2 Å². The molecule has 0 spiro atoms. The van der Waals surface area contributed by atoms with Crippen LogP contribution in [-0.4, -0.2) is 26.0 Å². The molecule has 0 aromatic heterocycles. The minimum absolute atomic E-state index is 0.0317. The lowest BCUT2D eigenvalue weighted by atomic mass is 10.1. The van der Waals surface area contributed by atoms with Crippen molar-refractivity contribution in [3.8, 4) is 0 Å². The van der Waals surface area contributed by atoms with Gasteiger partial charge in [-0.2, -0.15) is 0 Å². The van der Waals surface area contributed by atoms with Crippen LogP contribution in [0.5, 0.6) is 0 Å². The molecule has 2 aromatic carbocycles. The first-order chi connectivity index (χ1) is 13.9. The number of carbonyl (C=O) groups is 1. The molecule has 0 unspecified atom stereocenters. The quantitative estimate of drug-likeness (QED) is 0.586. The predicted molar refractivity (Wildman–Crippen MR) is 118 cm³/mol. The predicted octanol–water partition coefficient (Wildman–Crippen LogP) is 3.21. The highest BCUT2D eigenvalue weighted by atomic mass is 32.2. The first kappa shape index (κ1) is 21.4. The third-order valence-electron chi connectivity index (χ3n) is 4.93. The van der Waals surface area contributed by atoms with Crippen molar-refractivity contribution in [1.29, 1.82) is 0 Å². The van der Waals surface area contributed by atoms with Gasteiger partial charge in [0.25, 0.3) is 0 Å². The summed E-state index contributed by atoms with van der Waals surface area (Å²) in [5.74, 6) is -0.0222. The largest absolute Gasteiger partial charge is 0.332 e. The molecule has 29 heavy (non-hydrogen) atoms. The van der Waals surface area contributed by atoms with Gasteiger partial charge in [-0.1, -0.05) is 43.2 Å². The molecule has 1 saturated carbocycles. The lowest BCUT2D eigenvalue weighted by Crippen LogP contribution is -2.37. The minimum atomic E-state index is -3.59. The number of nitrogens with one attached hydrogen (secondary N) is 3. The summed E-state index contributed by atoms with van der Waals surface area (Å²) in [5, 5.41) is 5.85. The molecule has 0 bridgehead atoms. The second kappa shape index (κ2) is 9.96. The van der Waals surface area contributed by atoms with E-state index >= 15 is 0 Å². The Kier molecular flexibility index (Phi) is 7.35. The standard InChI is InChI=1S/C21H25N3O3S2/c25-20(17-8-4-5-9-17)24-21(28)23-18-10-12-19(13-11-18)29(26,27)22-15-14-16-6-2-1-3-7-16/h1-3,6-7,10-13,17,22H,4-5,8-9,14-15H2,(H2,23,24,25,28). The number of amides is 1. The van der Waals surface area contributed by atoms with Crippen molar-refractivity contribution in [2.75, 3.05) is 11.9 Å². The summed E-state index contributed by atoms with van der Waals surface area (Å²) in [6.45, 7) is 0.323. The van der Waals surface area contributed by atoms with Crippen LogP contribution in [0.1, 0.15) is 31.2 Å². The Hall–Kier alpha value is -2.29. The lowest BCUT2D eigenvalue weighted by Gasteiger charge is -2.13. The summed E-state index contributed by atoms with van der Waals surface area (Å²) in [7, 11) is -3.59. The van der Waals surface area contributed by atoms with Crippen LogP contribution >= 0.6 is 12.2 Å². The molecule has 0 aliphatic heterocycles. The average molecular weight is 432 g/mol. The molecule has 0 saturated heterocycles. The van der Waals surface area contributed by atoms with E-state index in [0.717, 1.165) is 31.2 Å². The maximum absolute atomic E-state index is 12.4. The molecule has 0 radical (unpaired) electrons. The molecule has 6 nitrogen and oxygen atoms in total. The maximum atomic E-state index is 12.4.